The van der Waals surface area contributed by atoms with E-state index >= 15 is 0 Å². The van der Waals surface area contributed by atoms with Crippen molar-refractivity contribution in [3.63, 3.8) is 0 Å². The molecule has 3 heterocycles. The van der Waals surface area contributed by atoms with Gasteiger partial charge in [-0.15, -0.1) is 0 Å². The topological polar surface area (TPSA) is 99.0 Å². The summed E-state index contributed by atoms with van der Waals surface area (Å²) in [5.74, 6) is 0.470. The lowest BCUT2D eigenvalue weighted by atomic mass is 9.85. The van der Waals surface area contributed by atoms with E-state index in [1.807, 2.05) is 6.92 Å². The first kappa shape index (κ1) is 25.1. The van der Waals surface area contributed by atoms with Crippen LogP contribution in [0.2, 0.25) is 0 Å². The standard InChI is InChI=1S/C22H39N5O4S/c1-5-25-13-15-26(16-14-25)10-6-9-23-22(28)17(2)20-7-11-27(12-8-20)32(29,30)21-18(3)24-31-19(21)4/h17,20H,5-16H2,1-4H3,(H,23,28)/t17-/m1/s1. The molecule has 0 radical (unpaired) electrons. The van der Waals surface area contributed by atoms with Gasteiger partial charge in [-0.05, 0) is 52.1 Å². The summed E-state index contributed by atoms with van der Waals surface area (Å²) < 4.78 is 32.5. The SMILES string of the molecule is CCN1CCN(CCCNC(=O)[C@H](C)C2CCN(S(=O)(=O)c3c(C)noc3C)CC2)CC1. The normalized spacial score (nSPS) is 21.0. The van der Waals surface area contributed by atoms with E-state index in [0.29, 0.717) is 43.9 Å². The van der Waals surface area contributed by atoms with Crippen molar-refractivity contribution in [2.24, 2.45) is 11.8 Å². The number of rotatable bonds is 9. The molecule has 2 saturated heterocycles. The van der Waals surface area contributed by atoms with Gasteiger partial charge < -0.3 is 19.6 Å². The van der Waals surface area contributed by atoms with E-state index in [1.165, 1.54) is 4.31 Å². The lowest BCUT2D eigenvalue weighted by Crippen LogP contribution is -2.47. The molecule has 1 N–H and O–H groups in total. The van der Waals surface area contributed by atoms with E-state index < -0.39 is 10.0 Å². The van der Waals surface area contributed by atoms with Crippen molar-refractivity contribution in [2.75, 3.05) is 58.9 Å². The van der Waals surface area contributed by atoms with Crippen molar-refractivity contribution in [3.8, 4) is 0 Å². The maximum atomic E-state index is 13.0. The van der Waals surface area contributed by atoms with E-state index in [9.17, 15) is 13.2 Å². The highest BCUT2D eigenvalue weighted by Gasteiger charge is 2.36. The van der Waals surface area contributed by atoms with Crippen LogP contribution >= 0.6 is 0 Å². The van der Waals surface area contributed by atoms with E-state index in [0.717, 1.165) is 45.7 Å². The molecule has 182 valence electrons. The summed E-state index contributed by atoms with van der Waals surface area (Å²) in [6.45, 7) is 15.6. The third-order valence-electron chi connectivity index (χ3n) is 7.05. The number of hydrogen-bond acceptors (Lipinski definition) is 7. The number of aromatic nitrogens is 1. The fraction of sp³-hybridized carbons (Fsp3) is 0.818. The van der Waals surface area contributed by atoms with Crippen molar-refractivity contribution in [1.82, 2.24) is 24.6 Å². The quantitative estimate of drug-likeness (QED) is 0.547. The lowest BCUT2D eigenvalue weighted by Gasteiger charge is -2.34. The molecule has 3 rings (SSSR count). The zero-order valence-electron chi connectivity index (χ0n) is 20.0. The Balaban J connectivity index is 1.39. The largest absolute Gasteiger partial charge is 0.360 e. The van der Waals surface area contributed by atoms with Crippen LogP contribution < -0.4 is 5.32 Å². The number of piperidine rings is 1. The Kier molecular flexibility index (Phi) is 8.71. The third-order valence-corrected chi connectivity index (χ3v) is 9.19. The minimum absolute atomic E-state index is 0.0767. The summed E-state index contributed by atoms with van der Waals surface area (Å²) in [4.78, 5) is 17.8. The number of carbonyl (C=O) groups excluding carboxylic acids is 1. The maximum Gasteiger partial charge on any atom is 0.248 e. The number of carbonyl (C=O) groups is 1. The Hall–Kier alpha value is -1.49. The van der Waals surface area contributed by atoms with E-state index in [4.69, 9.17) is 4.52 Å². The Labute approximate surface area is 192 Å². The molecule has 0 spiro atoms. The van der Waals surface area contributed by atoms with Crippen LogP contribution in [0.25, 0.3) is 0 Å². The van der Waals surface area contributed by atoms with Gasteiger partial charge in [-0.25, -0.2) is 8.42 Å². The van der Waals surface area contributed by atoms with Crippen LogP contribution in [0, 0.1) is 25.7 Å². The van der Waals surface area contributed by atoms with Gasteiger partial charge in [0.05, 0.1) is 0 Å². The third kappa shape index (κ3) is 5.89. The van der Waals surface area contributed by atoms with Gasteiger partial charge in [0.15, 0.2) is 5.76 Å². The van der Waals surface area contributed by atoms with Gasteiger partial charge in [-0.2, -0.15) is 4.31 Å². The van der Waals surface area contributed by atoms with E-state index in [-0.39, 0.29) is 22.6 Å². The summed E-state index contributed by atoms with van der Waals surface area (Å²) in [5, 5.41) is 6.87. The zero-order valence-corrected chi connectivity index (χ0v) is 20.8. The van der Waals surface area contributed by atoms with E-state index in [2.05, 4.69) is 27.2 Å². The summed E-state index contributed by atoms with van der Waals surface area (Å²) in [6, 6.07) is 0. The first-order chi connectivity index (χ1) is 15.2. The van der Waals surface area contributed by atoms with Crippen molar-refractivity contribution in [2.45, 2.75) is 51.9 Å². The number of hydrogen-bond donors (Lipinski definition) is 1. The Morgan fingerprint density at radius 3 is 2.31 bits per heavy atom. The molecule has 2 fully saturated rings. The van der Waals surface area contributed by atoms with Crippen LogP contribution in [-0.4, -0.2) is 92.5 Å². The van der Waals surface area contributed by atoms with Crippen molar-refractivity contribution in [1.29, 1.82) is 0 Å². The van der Waals surface area contributed by atoms with Crippen molar-refractivity contribution < 1.29 is 17.7 Å². The number of likely N-dealkylation sites (N-methyl/N-ethyl adjacent to an activating group) is 1. The minimum atomic E-state index is -3.61. The average Bonchev–Trinajstić information content (AvgIpc) is 3.15. The molecule has 9 nitrogen and oxygen atoms in total. The highest BCUT2D eigenvalue weighted by molar-refractivity contribution is 7.89. The molecule has 10 heteroatoms. The Morgan fingerprint density at radius 1 is 1.12 bits per heavy atom. The van der Waals surface area contributed by atoms with Crippen LogP contribution in [0.4, 0.5) is 0 Å². The monoisotopic (exact) mass is 469 g/mol. The van der Waals surface area contributed by atoms with E-state index in [1.54, 1.807) is 13.8 Å². The summed E-state index contributed by atoms with van der Waals surface area (Å²) >= 11 is 0. The second-order valence-corrected chi connectivity index (χ2v) is 11.0. The van der Waals surface area contributed by atoms with Gasteiger partial charge in [-0.3, -0.25) is 4.79 Å². The van der Waals surface area contributed by atoms with Gasteiger partial charge in [-0.1, -0.05) is 19.0 Å². The molecule has 1 aromatic rings. The number of amides is 1. The van der Waals surface area contributed by atoms with Crippen molar-refractivity contribution in [3.05, 3.63) is 11.5 Å². The van der Waals surface area contributed by atoms with Crippen LogP contribution in [0.3, 0.4) is 0 Å². The predicted octanol–water partition coefficient (Wildman–Crippen LogP) is 1.47. The second-order valence-electron chi connectivity index (χ2n) is 9.10. The molecule has 1 amide bonds. The molecule has 2 aliphatic rings. The molecule has 0 aromatic carbocycles. The maximum absolute atomic E-state index is 13.0. The minimum Gasteiger partial charge on any atom is -0.360 e. The molecule has 1 atom stereocenters. The summed E-state index contributed by atoms with van der Waals surface area (Å²) in [5.41, 5.74) is 0.393. The smallest absolute Gasteiger partial charge is 0.248 e. The molecule has 0 bridgehead atoms. The summed E-state index contributed by atoms with van der Waals surface area (Å²) in [7, 11) is -3.61. The fourth-order valence-corrected chi connectivity index (χ4v) is 6.57. The molecule has 0 unspecified atom stereocenters. The fourth-order valence-electron chi connectivity index (χ4n) is 4.81. The molecule has 0 saturated carbocycles. The van der Waals surface area contributed by atoms with Gasteiger partial charge in [0.2, 0.25) is 15.9 Å². The molecule has 2 aliphatic heterocycles. The van der Waals surface area contributed by atoms with Crippen LogP contribution in [0.5, 0.6) is 0 Å². The molecule has 0 aliphatic carbocycles. The second kappa shape index (κ2) is 11.1. The molecular formula is C22H39N5O4S. The van der Waals surface area contributed by atoms with Crippen LogP contribution in [0.1, 0.15) is 44.6 Å². The average molecular weight is 470 g/mol. The number of piperazine rings is 1. The van der Waals surface area contributed by atoms with Crippen molar-refractivity contribution >= 4 is 15.9 Å². The Morgan fingerprint density at radius 2 is 1.75 bits per heavy atom. The first-order valence-corrected chi connectivity index (χ1v) is 13.3. The first-order valence-electron chi connectivity index (χ1n) is 11.9. The summed E-state index contributed by atoms with van der Waals surface area (Å²) in [6.07, 6.45) is 2.32. The van der Waals surface area contributed by atoms with Crippen LogP contribution in [0.15, 0.2) is 9.42 Å². The molecule has 1 aromatic heterocycles. The van der Waals surface area contributed by atoms with Gasteiger partial charge in [0, 0.05) is 51.7 Å². The van der Waals surface area contributed by atoms with Gasteiger partial charge in [0.1, 0.15) is 10.6 Å². The van der Waals surface area contributed by atoms with Crippen LogP contribution in [-0.2, 0) is 14.8 Å². The zero-order chi connectivity index (χ0) is 23.3. The van der Waals surface area contributed by atoms with Gasteiger partial charge in [0.25, 0.3) is 0 Å². The number of aryl methyl sites for hydroxylation is 2. The number of sulfonamides is 1. The highest BCUT2D eigenvalue weighted by atomic mass is 32.2. The number of nitrogens with one attached hydrogen (secondary N) is 1. The van der Waals surface area contributed by atoms with Gasteiger partial charge >= 0.3 is 0 Å². The number of nitrogens with zero attached hydrogens (tertiary/aromatic N) is 4. The molecular weight excluding hydrogens is 430 g/mol. The Bertz CT molecular complexity index is 836. The molecule has 32 heavy (non-hydrogen) atoms. The lowest BCUT2D eigenvalue weighted by molar-refractivity contribution is -0.126. The predicted molar refractivity (Wildman–Crippen MR) is 123 cm³/mol. The highest BCUT2D eigenvalue weighted by Crippen LogP contribution is 2.30.